The number of hydrogen-bond donors (Lipinski definition) is 1. The van der Waals surface area contributed by atoms with E-state index in [0.29, 0.717) is 5.95 Å². The van der Waals surface area contributed by atoms with Crippen LogP contribution in [0.15, 0.2) is 30.7 Å². The van der Waals surface area contributed by atoms with Gasteiger partial charge in [-0.1, -0.05) is 0 Å². The first-order valence-corrected chi connectivity index (χ1v) is 5.82. The number of rotatable bonds is 4. The van der Waals surface area contributed by atoms with E-state index in [4.69, 9.17) is 4.74 Å². The third kappa shape index (κ3) is 2.94. The molecule has 5 nitrogen and oxygen atoms in total. The van der Waals surface area contributed by atoms with E-state index >= 15 is 0 Å². The van der Waals surface area contributed by atoms with E-state index in [9.17, 15) is 0 Å². The largest absolute Gasteiger partial charge is 0.489 e. The van der Waals surface area contributed by atoms with Crippen LogP contribution in [0.2, 0.25) is 0 Å². The number of nitrogens with zero attached hydrogens (tertiary/aromatic N) is 3. The van der Waals surface area contributed by atoms with Crippen LogP contribution < -0.4 is 10.1 Å². The second-order valence-corrected chi connectivity index (χ2v) is 4.09. The van der Waals surface area contributed by atoms with Crippen LogP contribution in [0.4, 0.5) is 5.95 Å². The van der Waals surface area contributed by atoms with Gasteiger partial charge in [-0.15, -0.1) is 0 Å². The third-order valence-electron chi connectivity index (χ3n) is 2.26. The fourth-order valence-corrected chi connectivity index (χ4v) is 1.54. The summed E-state index contributed by atoms with van der Waals surface area (Å²) in [6, 6.07) is 3.77. The minimum absolute atomic E-state index is 0.125. The summed E-state index contributed by atoms with van der Waals surface area (Å²) in [5.41, 5.74) is 1.73. The molecule has 5 heteroatoms. The van der Waals surface area contributed by atoms with Crippen molar-refractivity contribution in [3.8, 4) is 17.0 Å². The fourth-order valence-electron chi connectivity index (χ4n) is 1.54. The van der Waals surface area contributed by atoms with Crippen molar-refractivity contribution >= 4 is 5.95 Å². The Morgan fingerprint density at radius 3 is 2.83 bits per heavy atom. The van der Waals surface area contributed by atoms with Gasteiger partial charge in [-0.3, -0.25) is 4.98 Å². The number of nitrogens with one attached hydrogen (secondary N) is 1. The molecule has 0 fully saturated rings. The van der Waals surface area contributed by atoms with Crippen molar-refractivity contribution in [2.75, 3.05) is 12.4 Å². The Labute approximate surface area is 106 Å². The van der Waals surface area contributed by atoms with Gasteiger partial charge in [0.1, 0.15) is 5.75 Å². The van der Waals surface area contributed by atoms with Crippen LogP contribution in [0, 0.1) is 0 Å². The first-order valence-electron chi connectivity index (χ1n) is 5.82. The molecular formula is C13H16N4O. The average Bonchev–Trinajstić information content (AvgIpc) is 2.38. The second kappa shape index (κ2) is 5.44. The van der Waals surface area contributed by atoms with Gasteiger partial charge in [0.15, 0.2) is 0 Å². The first-order chi connectivity index (χ1) is 8.69. The molecule has 0 aliphatic rings. The maximum Gasteiger partial charge on any atom is 0.222 e. The van der Waals surface area contributed by atoms with Crippen LogP contribution in [0.5, 0.6) is 5.75 Å². The Balaban J connectivity index is 2.32. The second-order valence-electron chi connectivity index (χ2n) is 4.09. The van der Waals surface area contributed by atoms with Gasteiger partial charge in [-0.25, -0.2) is 9.97 Å². The molecule has 0 aromatic carbocycles. The Kier molecular flexibility index (Phi) is 3.72. The zero-order valence-corrected chi connectivity index (χ0v) is 10.7. The van der Waals surface area contributed by atoms with E-state index in [0.717, 1.165) is 17.0 Å². The molecule has 2 rings (SSSR count). The lowest BCUT2D eigenvalue weighted by Crippen LogP contribution is -2.05. The van der Waals surface area contributed by atoms with Crippen molar-refractivity contribution in [3.05, 3.63) is 30.7 Å². The van der Waals surface area contributed by atoms with Crippen molar-refractivity contribution in [1.29, 1.82) is 0 Å². The molecule has 1 N–H and O–H groups in total. The van der Waals surface area contributed by atoms with Crippen molar-refractivity contribution in [1.82, 2.24) is 15.0 Å². The fraction of sp³-hybridized carbons (Fsp3) is 0.308. The summed E-state index contributed by atoms with van der Waals surface area (Å²) in [5, 5.41) is 2.91. The minimum atomic E-state index is 0.125. The molecule has 0 saturated heterocycles. The molecule has 2 aromatic rings. The Morgan fingerprint density at radius 2 is 2.11 bits per heavy atom. The van der Waals surface area contributed by atoms with E-state index in [-0.39, 0.29) is 6.10 Å². The molecule has 0 spiro atoms. The van der Waals surface area contributed by atoms with Gasteiger partial charge in [0.2, 0.25) is 5.95 Å². The van der Waals surface area contributed by atoms with Gasteiger partial charge < -0.3 is 10.1 Å². The molecule has 2 heterocycles. The number of hydrogen-bond acceptors (Lipinski definition) is 5. The lowest BCUT2D eigenvalue weighted by molar-refractivity contribution is 0.241. The molecule has 0 amide bonds. The number of pyridine rings is 1. The molecule has 94 valence electrons. The number of anilines is 1. The monoisotopic (exact) mass is 244 g/mol. The zero-order chi connectivity index (χ0) is 13.0. The quantitative estimate of drug-likeness (QED) is 0.894. The summed E-state index contributed by atoms with van der Waals surface area (Å²) in [6.45, 7) is 3.97. The predicted molar refractivity (Wildman–Crippen MR) is 70.6 cm³/mol. The van der Waals surface area contributed by atoms with Crippen molar-refractivity contribution < 1.29 is 4.74 Å². The molecule has 0 atom stereocenters. The maximum atomic E-state index is 5.61. The highest BCUT2D eigenvalue weighted by molar-refractivity contribution is 5.60. The van der Waals surface area contributed by atoms with Crippen LogP contribution in [-0.2, 0) is 0 Å². The standard InChI is InChI=1S/C13H16N4O/c1-9(2)18-11-6-10(7-15-8-11)12-4-5-16-13(14-3)17-12/h4-9H,1-3H3,(H,14,16,17). The van der Waals surface area contributed by atoms with Gasteiger partial charge in [0.25, 0.3) is 0 Å². The molecule has 0 radical (unpaired) electrons. The average molecular weight is 244 g/mol. The summed E-state index contributed by atoms with van der Waals surface area (Å²) < 4.78 is 5.61. The van der Waals surface area contributed by atoms with Crippen LogP contribution >= 0.6 is 0 Å². The first kappa shape index (κ1) is 12.3. The van der Waals surface area contributed by atoms with Crippen LogP contribution in [0.3, 0.4) is 0 Å². The number of aromatic nitrogens is 3. The van der Waals surface area contributed by atoms with E-state index in [2.05, 4.69) is 20.3 Å². The third-order valence-corrected chi connectivity index (χ3v) is 2.26. The summed E-state index contributed by atoms with van der Waals surface area (Å²) in [4.78, 5) is 12.6. The van der Waals surface area contributed by atoms with E-state index in [1.54, 1.807) is 25.6 Å². The highest BCUT2D eigenvalue weighted by atomic mass is 16.5. The Hall–Kier alpha value is -2.17. The van der Waals surface area contributed by atoms with E-state index < -0.39 is 0 Å². The molecule has 0 unspecified atom stereocenters. The number of ether oxygens (including phenoxy) is 1. The van der Waals surface area contributed by atoms with Crippen molar-refractivity contribution in [2.24, 2.45) is 0 Å². The van der Waals surface area contributed by atoms with Gasteiger partial charge >= 0.3 is 0 Å². The molecular weight excluding hydrogens is 228 g/mol. The maximum absolute atomic E-state index is 5.61. The Morgan fingerprint density at radius 1 is 1.28 bits per heavy atom. The molecule has 0 aliphatic carbocycles. The minimum Gasteiger partial charge on any atom is -0.489 e. The van der Waals surface area contributed by atoms with Gasteiger partial charge in [0.05, 0.1) is 18.0 Å². The summed E-state index contributed by atoms with van der Waals surface area (Å²) in [7, 11) is 1.79. The molecule has 0 aliphatic heterocycles. The Bertz CT molecular complexity index is 528. The molecule has 0 bridgehead atoms. The van der Waals surface area contributed by atoms with Crippen molar-refractivity contribution in [2.45, 2.75) is 20.0 Å². The van der Waals surface area contributed by atoms with E-state index in [1.165, 1.54) is 0 Å². The molecule has 0 saturated carbocycles. The smallest absolute Gasteiger partial charge is 0.222 e. The molecule has 2 aromatic heterocycles. The summed E-state index contributed by atoms with van der Waals surface area (Å²) >= 11 is 0. The topological polar surface area (TPSA) is 59.9 Å². The lowest BCUT2D eigenvalue weighted by Gasteiger charge is -2.10. The van der Waals surface area contributed by atoms with Crippen LogP contribution in [0.25, 0.3) is 11.3 Å². The van der Waals surface area contributed by atoms with Gasteiger partial charge in [-0.2, -0.15) is 0 Å². The highest BCUT2D eigenvalue weighted by Crippen LogP contribution is 2.21. The zero-order valence-electron chi connectivity index (χ0n) is 10.7. The van der Waals surface area contributed by atoms with Gasteiger partial charge in [-0.05, 0) is 26.0 Å². The summed E-state index contributed by atoms with van der Waals surface area (Å²) in [5.74, 6) is 1.33. The predicted octanol–water partition coefficient (Wildman–Crippen LogP) is 2.37. The van der Waals surface area contributed by atoms with Crippen molar-refractivity contribution in [3.63, 3.8) is 0 Å². The SMILES string of the molecule is CNc1nccc(-c2cncc(OC(C)C)c2)n1. The summed E-state index contributed by atoms with van der Waals surface area (Å²) in [6.07, 6.45) is 5.29. The van der Waals surface area contributed by atoms with Crippen LogP contribution in [-0.4, -0.2) is 28.1 Å². The van der Waals surface area contributed by atoms with Gasteiger partial charge in [0, 0.05) is 25.0 Å². The normalized spacial score (nSPS) is 10.4. The highest BCUT2D eigenvalue weighted by Gasteiger charge is 2.04. The lowest BCUT2D eigenvalue weighted by atomic mass is 10.2. The molecule has 18 heavy (non-hydrogen) atoms. The van der Waals surface area contributed by atoms with Crippen LogP contribution in [0.1, 0.15) is 13.8 Å². The van der Waals surface area contributed by atoms with E-state index in [1.807, 2.05) is 26.0 Å².